The van der Waals surface area contributed by atoms with Gasteiger partial charge < -0.3 is 42.8 Å². The Hall–Kier alpha value is -3.97. The van der Waals surface area contributed by atoms with Gasteiger partial charge in [-0.15, -0.1) is 0 Å². The van der Waals surface area contributed by atoms with E-state index in [1.54, 1.807) is 6.20 Å². The molecule has 218 valence electrons. The number of primary amides is 1. The summed E-state index contributed by atoms with van der Waals surface area (Å²) in [7, 11) is 0. The van der Waals surface area contributed by atoms with E-state index in [-0.39, 0.29) is 32.2 Å². The molecule has 10 N–H and O–H groups in total. The summed E-state index contributed by atoms with van der Waals surface area (Å²) >= 11 is 0. The van der Waals surface area contributed by atoms with Gasteiger partial charge in [-0.05, 0) is 63.1 Å². The maximum Gasteiger partial charge on any atom is 0.326 e. The number of aromatic amines is 1. The molecule has 3 rings (SSSR count). The summed E-state index contributed by atoms with van der Waals surface area (Å²) in [6.45, 7) is 0.617. The van der Waals surface area contributed by atoms with Gasteiger partial charge in [0.25, 0.3) is 0 Å². The second kappa shape index (κ2) is 14.4. The van der Waals surface area contributed by atoms with Crippen molar-refractivity contribution in [3.63, 3.8) is 0 Å². The van der Waals surface area contributed by atoms with E-state index in [1.807, 2.05) is 24.3 Å². The van der Waals surface area contributed by atoms with Gasteiger partial charge in [-0.25, -0.2) is 4.79 Å². The van der Waals surface area contributed by atoms with Crippen LogP contribution >= 0.6 is 0 Å². The number of hydrogen-bond donors (Lipinski definition) is 7. The monoisotopic (exact) mass is 557 g/mol. The highest BCUT2D eigenvalue weighted by molar-refractivity contribution is 5.95. The molecule has 0 bridgehead atoms. The highest BCUT2D eigenvalue weighted by atomic mass is 16.4. The predicted octanol–water partition coefficient (Wildman–Crippen LogP) is -0.523. The van der Waals surface area contributed by atoms with Crippen molar-refractivity contribution in [2.24, 2.45) is 17.2 Å². The lowest BCUT2D eigenvalue weighted by Gasteiger charge is -2.29. The van der Waals surface area contributed by atoms with Crippen LogP contribution in [0, 0.1) is 0 Å². The Labute approximate surface area is 232 Å². The second-order valence-corrected chi connectivity index (χ2v) is 10.1. The van der Waals surface area contributed by atoms with Crippen LogP contribution in [0.25, 0.3) is 10.9 Å². The molecule has 0 radical (unpaired) electrons. The Bertz CT molecular complexity index is 1210. The first-order valence-corrected chi connectivity index (χ1v) is 13.5. The molecule has 0 aliphatic carbocycles. The zero-order valence-corrected chi connectivity index (χ0v) is 22.4. The average Bonchev–Trinajstić information content (AvgIpc) is 3.58. The third kappa shape index (κ3) is 8.02. The minimum atomic E-state index is -1.19. The smallest absolute Gasteiger partial charge is 0.326 e. The molecule has 1 fully saturated rings. The average molecular weight is 558 g/mol. The summed E-state index contributed by atoms with van der Waals surface area (Å²) in [5.74, 6) is -3.59. The number of unbranched alkanes of at least 4 members (excludes halogenated alkanes) is 1. The van der Waals surface area contributed by atoms with E-state index in [1.165, 1.54) is 4.90 Å². The van der Waals surface area contributed by atoms with Gasteiger partial charge in [0.15, 0.2) is 0 Å². The Balaban J connectivity index is 1.72. The lowest BCUT2D eigenvalue weighted by atomic mass is 10.0. The SMILES string of the molecule is NCCCCC(NC(=O)C(N)Cc1c[nH]c2ccccc12)C(=O)NC(CCC(N)=O)C(=O)N1CCCC1C(=O)O. The molecule has 1 saturated heterocycles. The second-order valence-electron chi connectivity index (χ2n) is 10.1. The summed E-state index contributed by atoms with van der Waals surface area (Å²) in [5.41, 5.74) is 18.9. The first-order valence-electron chi connectivity index (χ1n) is 13.5. The number of carboxylic acids is 1. The van der Waals surface area contributed by atoms with Crippen molar-refractivity contribution in [2.75, 3.05) is 13.1 Å². The summed E-state index contributed by atoms with van der Waals surface area (Å²) in [4.78, 5) is 67.1. The molecule has 1 aliphatic heterocycles. The molecule has 1 aromatic carbocycles. The fraction of sp³-hybridized carbons (Fsp3) is 0.519. The molecular weight excluding hydrogens is 518 g/mol. The number of H-pyrrole nitrogens is 1. The lowest BCUT2D eigenvalue weighted by molar-refractivity contribution is -0.149. The van der Waals surface area contributed by atoms with Crippen molar-refractivity contribution in [3.05, 3.63) is 36.0 Å². The van der Waals surface area contributed by atoms with Crippen molar-refractivity contribution >= 4 is 40.5 Å². The molecule has 4 unspecified atom stereocenters. The fourth-order valence-corrected chi connectivity index (χ4v) is 4.97. The Morgan fingerprint density at radius 3 is 2.48 bits per heavy atom. The van der Waals surface area contributed by atoms with Crippen molar-refractivity contribution in [1.82, 2.24) is 20.5 Å². The van der Waals surface area contributed by atoms with E-state index in [9.17, 15) is 29.1 Å². The summed E-state index contributed by atoms with van der Waals surface area (Å²) < 4.78 is 0. The van der Waals surface area contributed by atoms with Crippen LogP contribution < -0.4 is 27.8 Å². The number of benzene rings is 1. The first kappa shape index (κ1) is 30.6. The number of fused-ring (bicyclic) bond motifs is 1. The van der Waals surface area contributed by atoms with Gasteiger partial charge in [0.05, 0.1) is 6.04 Å². The maximum atomic E-state index is 13.4. The number of hydrogen-bond acceptors (Lipinski definition) is 7. The largest absolute Gasteiger partial charge is 0.480 e. The summed E-state index contributed by atoms with van der Waals surface area (Å²) in [6.07, 6.45) is 3.91. The summed E-state index contributed by atoms with van der Waals surface area (Å²) in [5, 5.41) is 15.8. The summed E-state index contributed by atoms with van der Waals surface area (Å²) in [6, 6.07) is 3.46. The van der Waals surface area contributed by atoms with Crippen LogP contribution in [0.2, 0.25) is 0 Å². The third-order valence-corrected chi connectivity index (χ3v) is 7.15. The minimum absolute atomic E-state index is 0.105. The number of likely N-dealkylation sites (tertiary alicyclic amines) is 1. The van der Waals surface area contributed by atoms with Gasteiger partial charge in [0.1, 0.15) is 18.1 Å². The normalized spacial score (nSPS) is 17.2. The quantitative estimate of drug-likeness (QED) is 0.141. The van der Waals surface area contributed by atoms with Crippen LogP contribution in [0.3, 0.4) is 0 Å². The molecule has 1 aliphatic rings. The number of nitrogens with zero attached hydrogens (tertiary/aromatic N) is 1. The number of amides is 4. The molecule has 13 heteroatoms. The Kier molecular flexibility index (Phi) is 11.0. The van der Waals surface area contributed by atoms with Crippen molar-refractivity contribution in [2.45, 2.75) is 75.5 Å². The number of para-hydroxylation sites is 1. The maximum absolute atomic E-state index is 13.4. The highest BCUT2D eigenvalue weighted by Crippen LogP contribution is 2.21. The van der Waals surface area contributed by atoms with Crippen LogP contribution in [-0.4, -0.2) is 81.8 Å². The van der Waals surface area contributed by atoms with E-state index in [0.717, 1.165) is 16.5 Å². The number of aliphatic carboxylic acids is 1. The topological polar surface area (TPSA) is 227 Å². The Morgan fingerprint density at radius 2 is 1.77 bits per heavy atom. The van der Waals surface area contributed by atoms with Crippen molar-refractivity contribution < 1.29 is 29.1 Å². The van der Waals surface area contributed by atoms with Crippen LogP contribution in [0.1, 0.15) is 50.5 Å². The molecular formula is C27H39N7O6. The molecule has 13 nitrogen and oxygen atoms in total. The molecule has 4 amide bonds. The van der Waals surface area contributed by atoms with Gasteiger partial charge in [-0.2, -0.15) is 0 Å². The van der Waals surface area contributed by atoms with Crippen molar-refractivity contribution in [3.8, 4) is 0 Å². The molecule has 4 atom stereocenters. The number of nitrogens with one attached hydrogen (secondary N) is 3. The Morgan fingerprint density at radius 1 is 1.05 bits per heavy atom. The predicted molar refractivity (Wildman–Crippen MR) is 148 cm³/mol. The molecule has 2 aromatic rings. The van der Waals surface area contributed by atoms with E-state index < -0.39 is 53.8 Å². The van der Waals surface area contributed by atoms with E-state index >= 15 is 0 Å². The number of rotatable bonds is 15. The minimum Gasteiger partial charge on any atom is -0.480 e. The fourth-order valence-electron chi connectivity index (χ4n) is 4.97. The zero-order chi connectivity index (χ0) is 29.2. The molecule has 1 aromatic heterocycles. The zero-order valence-electron chi connectivity index (χ0n) is 22.4. The molecule has 0 spiro atoms. The highest BCUT2D eigenvalue weighted by Gasteiger charge is 2.38. The van der Waals surface area contributed by atoms with Gasteiger partial charge in [0, 0.05) is 30.1 Å². The molecule has 40 heavy (non-hydrogen) atoms. The van der Waals surface area contributed by atoms with Gasteiger partial charge in [-0.1, -0.05) is 18.2 Å². The van der Waals surface area contributed by atoms with Gasteiger partial charge in [0.2, 0.25) is 23.6 Å². The van der Waals surface area contributed by atoms with Crippen LogP contribution in [0.5, 0.6) is 0 Å². The first-order chi connectivity index (χ1) is 19.1. The van der Waals surface area contributed by atoms with Crippen LogP contribution in [-0.2, 0) is 30.4 Å². The van der Waals surface area contributed by atoms with E-state index in [4.69, 9.17) is 17.2 Å². The van der Waals surface area contributed by atoms with Gasteiger partial charge in [-0.3, -0.25) is 19.2 Å². The van der Waals surface area contributed by atoms with Gasteiger partial charge >= 0.3 is 5.97 Å². The lowest BCUT2D eigenvalue weighted by Crippen LogP contribution is -2.57. The van der Waals surface area contributed by atoms with Crippen molar-refractivity contribution in [1.29, 1.82) is 0 Å². The number of carbonyl (C=O) groups excluding carboxylic acids is 4. The van der Waals surface area contributed by atoms with E-state index in [2.05, 4.69) is 15.6 Å². The number of carboxylic acid groups (broad SMARTS) is 1. The van der Waals surface area contributed by atoms with Crippen LogP contribution in [0.4, 0.5) is 0 Å². The number of nitrogens with two attached hydrogens (primary N) is 3. The molecule has 2 heterocycles. The third-order valence-electron chi connectivity index (χ3n) is 7.15. The number of aromatic nitrogens is 1. The van der Waals surface area contributed by atoms with Crippen LogP contribution in [0.15, 0.2) is 30.5 Å². The number of carbonyl (C=O) groups is 5. The molecule has 0 saturated carbocycles. The standard InChI is InChI=1S/C27H39N7O6/c28-12-4-3-8-20(32-24(36)18(29)14-16-15-31-19-7-2-1-6-17(16)19)25(37)33-21(10-11-23(30)35)26(38)34-13-5-9-22(34)27(39)40/h1-2,6-7,15,18,20-22,31H,3-5,8-14,28-29H2,(H2,30,35)(H,32,36)(H,33,37)(H,39,40). The van der Waals surface area contributed by atoms with E-state index in [0.29, 0.717) is 32.2 Å².